The van der Waals surface area contributed by atoms with Crippen LogP contribution in [-0.2, 0) is 9.59 Å². The van der Waals surface area contributed by atoms with E-state index in [1.54, 1.807) is 0 Å². The highest BCUT2D eigenvalue weighted by Crippen LogP contribution is 2.08. The highest BCUT2D eigenvalue weighted by molar-refractivity contribution is 5.79. The van der Waals surface area contributed by atoms with Crippen molar-refractivity contribution in [3.05, 3.63) is 0 Å². The highest BCUT2D eigenvalue weighted by Gasteiger charge is 2.17. The minimum absolute atomic E-state index is 0.0365. The third kappa shape index (κ3) is 5.68. The summed E-state index contributed by atoms with van der Waals surface area (Å²) in [6.45, 7) is 3.08. The molecule has 1 aliphatic heterocycles. The first-order chi connectivity index (χ1) is 8.24. The van der Waals surface area contributed by atoms with Gasteiger partial charge in [0.05, 0.1) is 0 Å². The van der Waals surface area contributed by atoms with Crippen LogP contribution in [0.4, 0.5) is 0 Å². The lowest BCUT2D eigenvalue weighted by Gasteiger charge is -2.15. The van der Waals surface area contributed by atoms with Crippen LogP contribution in [0.25, 0.3) is 0 Å². The number of rotatable bonds is 7. The molecule has 1 saturated heterocycles. The topological polar surface area (TPSA) is 61.4 Å². The van der Waals surface area contributed by atoms with E-state index in [1.165, 1.54) is 0 Å². The van der Waals surface area contributed by atoms with Gasteiger partial charge in [-0.15, -0.1) is 0 Å². The molecule has 0 unspecified atom stereocenters. The van der Waals surface area contributed by atoms with Crippen molar-refractivity contribution in [3.8, 4) is 0 Å². The van der Waals surface area contributed by atoms with E-state index in [0.717, 1.165) is 38.9 Å². The van der Waals surface area contributed by atoms with Gasteiger partial charge in [0.2, 0.25) is 11.8 Å². The fourth-order valence-electron chi connectivity index (χ4n) is 1.95. The van der Waals surface area contributed by atoms with Gasteiger partial charge in [-0.3, -0.25) is 9.59 Å². The SMILES string of the molecule is CNCCCC(=O)NCCC(=O)N1CCCC1. The maximum atomic E-state index is 11.7. The molecule has 0 radical (unpaired) electrons. The lowest BCUT2D eigenvalue weighted by molar-refractivity contribution is -0.130. The highest BCUT2D eigenvalue weighted by atomic mass is 16.2. The van der Waals surface area contributed by atoms with Crippen molar-refractivity contribution in [2.45, 2.75) is 32.1 Å². The second-order valence-electron chi connectivity index (χ2n) is 4.39. The molecule has 2 amide bonds. The van der Waals surface area contributed by atoms with E-state index in [1.807, 2.05) is 11.9 Å². The maximum absolute atomic E-state index is 11.7. The Balaban J connectivity index is 2.02. The van der Waals surface area contributed by atoms with Gasteiger partial charge in [-0.1, -0.05) is 0 Å². The molecule has 0 aromatic carbocycles. The second kappa shape index (κ2) is 8.06. The predicted molar refractivity (Wildman–Crippen MR) is 66.6 cm³/mol. The zero-order chi connectivity index (χ0) is 12.5. The fraction of sp³-hybridized carbons (Fsp3) is 0.833. The number of carbonyl (C=O) groups is 2. The first-order valence-electron chi connectivity index (χ1n) is 6.43. The number of amides is 2. The summed E-state index contributed by atoms with van der Waals surface area (Å²) in [6.07, 6.45) is 4.02. The van der Waals surface area contributed by atoms with Gasteiger partial charge < -0.3 is 15.5 Å². The first kappa shape index (κ1) is 14.0. The van der Waals surface area contributed by atoms with Gasteiger partial charge >= 0.3 is 0 Å². The van der Waals surface area contributed by atoms with Crippen LogP contribution in [0.15, 0.2) is 0 Å². The summed E-state index contributed by atoms with van der Waals surface area (Å²) >= 11 is 0. The molecule has 98 valence electrons. The molecule has 1 rings (SSSR count). The van der Waals surface area contributed by atoms with Crippen molar-refractivity contribution in [1.29, 1.82) is 0 Å². The van der Waals surface area contributed by atoms with Crippen LogP contribution in [0.1, 0.15) is 32.1 Å². The standard InChI is InChI=1S/C12H23N3O2/c1-13-7-4-5-11(16)14-8-6-12(17)15-9-2-3-10-15/h13H,2-10H2,1H3,(H,14,16). The molecule has 5 heteroatoms. The van der Waals surface area contributed by atoms with E-state index in [9.17, 15) is 9.59 Å². The van der Waals surface area contributed by atoms with Crippen LogP contribution >= 0.6 is 0 Å². The third-order valence-corrected chi connectivity index (χ3v) is 2.95. The molecule has 0 atom stereocenters. The Bertz CT molecular complexity index is 250. The van der Waals surface area contributed by atoms with Crippen molar-refractivity contribution in [2.24, 2.45) is 0 Å². The Morgan fingerprint density at radius 2 is 1.82 bits per heavy atom. The molecular formula is C12H23N3O2. The summed E-state index contributed by atoms with van der Waals surface area (Å²) in [4.78, 5) is 24.9. The van der Waals surface area contributed by atoms with E-state index >= 15 is 0 Å². The van der Waals surface area contributed by atoms with E-state index < -0.39 is 0 Å². The molecule has 0 aromatic rings. The summed E-state index contributed by atoms with van der Waals surface area (Å²) in [5.74, 6) is 0.201. The number of nitrogens with one attached hydrogen (secondary N) is 2. The Morgan fingerprint density at radius 1 is 1.12 bits per heavy atom. The molecule has 0 bridgehead atoms. The maximum Gasteiger partial charge on any atom is 0.224 e. The van der Waals surface area contributed by atoms with Crippen LogP contribution in [0, 0.1) is 0 Å². The summed E-state index contributed by atoms with van der Waals surface area (Å²) in [5, 5.41) is 5.78. The van der Waals surface area contributed by atoms with Gasteiger partial charge in [0.25, 0.3) is 0 Å². The molecule has 1 aliphatic rings. The van der Waals surface area contributed by atoms with Gasteiger partial charge in [0.1, 0.15) is 0 Å². The Kier molecular flexibility index (Phi) is 6.62. The Morgan fingerprint density at radius 3 is 2.47 bits per heavy atom. The van der Waals surface area contributed by atoms with Crippen LogP contribution in [-0.4, -0.2) is 49.9 Å². The summed E-state index contributed by atoms with van der Waals surface area (Å²) in [6, 6.07) is 0. The smallest absolute Gasteiger partial charge is 0.224 e. The normalized spacial score (nSPS) is 15.0. The van der Waals surface area contributed by atoms with Crippen molar-refractivity contribution < 1.29 is 9.59 Å². The fourth-order valence-corrected chi connectivity index (χ4v) is 1.95. The lowest BCUT2D eigenvalue weighted by atomic mass is 10.3. The Hall–Kier alpha value is -1.10. The molecule has 0 aliphatic carbocycles. The molecule has 1 fully saturated rings. The predicted octanol–water partition coefficient (Wildman–Crippen LogP) is 0.115. The average Bonchev–Trinajstić information content (AvgIpc) is 2.82. The number of likely N-dealkylation sites (tertiary alicyclic amines) is 1. The number of carbonyl (C=O) groups excluding carboxylic acids is 2. The molecular weight excluding hydrogens is 218 g/mol. The monoisotopic (exact) mass is 241 g/mol. The van der Waals surface area contributed by atoms with E-state index in [4.69, 9.17) is 0 Å². The van der Waals surface area contributed by atoms with Crippen molar-refractivity contribution in [1.82, 2.24) is 15.5 Å². The quantitative estimate of drug-likeness (QED) is 0.622. The first-order valence-corrected chi connectivity index (χ1v) is 6.43. The van der Waals surface area contributed by atoms with Crippen LogP contribution < -0.4 is 10.6 Å². The van der Waals surface area contributed by atoms with Gasteiger partial charge in [-0.05, 0) is 32.9 Å². The van der Waals surface area contributed by atoms with Gasteiger partial charge in [-0.25, -0.2) is 0 Å². The molecule has 17 heavy (non-hydrogen) atoms. The average molecular weight is 241 g/mol. The summed E-state index contributed by atoms with van der Waals surface area (Å²) < 4.78 is 0. The van der Waals surface area contributed by atoms with Crippen LogP contribution in [0.2, 0.25) is 0 Å². The van der Waals surface area contributed by atoms with Crippen molar-refractivity contribution in [3.63, 3.8) is 0 Å². The Labute approximate surface area is 103 Å². The number of hydrogen-bond acceptors (Lipinski definition) is 3. The van der Waals surface area contributed by atoms with Crippen molar-refractivity contribution in [2.75, 3.05) is 33.2 Å². The van der Waals surface area contributed by atoms with E-state index in [2.05, 4.69) is 10.6 Å². The van der Waals surface area contributed by atoms with Gasteiger partial charge in [-0.2, -0.15) is 0 Å². The van der Waals surface area contributed by atoms with Crippen molar-refractivity contribution >= 4 is 11.8 Å². The zero-order valence-corrected chi connectivity index (χ0v) is 10.6. The molecule has 0 saturated carbocycles. The minimum atomic E-state index is 0.0365. The molecule has 0 spiro atoms. The number of hydrogen-bond donors (Lipinski definition) is 2. The molecule has 2 N–H and O–H groups in total. The minimum Gasteiger partial charge on any atom is -0.356 e. The van der Waals surface area contributed by atoms with Gasteiger partial charge in [0.15, 0.2) is 0 Å². The number of nitrogens with zero attached hydrogens (tertiary/aromatic N) is 1. The molecule has 1 heterocycles. The lowest BCUT2D eigenvalue weighted by Crippen LogP contribution is -2.32. The second-order valence-corrected chi connectivity index (χ2v) is 4.39. The third-order valence-electron chi connectivity index (χ3n) is 2.95. The van der Waals surface area contributed by atoms with E-state index in [0.29, 0.717) is 19.4 Å². The largest absolute Gasteiger partial charge is 0.356 e. The summed E-state index contributed by atoms with van der Waals surface area (Å²) in [7, 11) is 1.87. The van der Waals surface area contributed by atoms with Crippen LogP contribution in [0.3, 0.4) is 0 Å². The molecule has 0 aromatic heterocycles. The zero-order valence-electron chi connectivity index (χ0n) is 10.6. The van der Waals surface area contributed by atoms with Crippen LogP contribution in [0.5, 0.6) is 0 Å². The molecule has 5 nitrogen and oxygen atoms in total. The van der Waals surface area contributed by atoms with E-state index in [-0.39, 0.29) is 11.8 Å². The van der Waals surface area contributed by atoms with Gasteiger partial charge in [0, 0.05) is 32.5 Å². The summed E-state index contributed by atoms with van der Waals surface area (Å²) in [5.41, 5.74) is 0.